The van der Waals surface area contributed by atoms with Gasteiger partial charge in [-0.25, -0.2) is 8.78 Å². The average molecular weight is 319 g/mol. The molecule has 123 valence electrons. The number of carbonyl (C=O) groups excluding carboxylic acids is 1. The summed E-state index contributed by atoms with van der Waals surface area (Å²) < 4.78 is 34.2. The summed E-state index contributed by atoms with van der Waals surface area (Å²) >= 11 is 0. The van der Waals surface area contributed by atoms with Crippen LogP contribution >= 0.6 is 0 Å². The van der Waals surface area contributed by atoms with Gasteiger partial charge in [0.05, 0.1) is 12.2 Å². The zero-order valence-electron chi connectivity index (χ0n) is 13.2. The lowest BCUT2D eigenvalue weighted by molar-refractivity contribution is -0.0548. The maximum Gasteiger partial charge on any atom is 0.236 e. The minimum absolute atomic E-state index is 0.0186. The zero-order chi connectivity index (χ0) is 16.1. The highest BCUT2D eigenvalue weighted by molar-refractivity contribution is 5.77. The summed E-state index contributed by atoms with van der Waals surface area (Å²) in [6, 6.07) is 2.91. The van der Waals surface area contributed by atoms with E-state index in [2.05, 4.69) is 0 Å². The van der Waals surface area contributed by atoms with Crippen LogP contribution in [0.3, 0.4) is 0 Å². The minimum Gasteiger partial charge on any atom is -0.493 e. The van der Waals surface area contributed by atoms with E-state index in [1.54, 1.807) is 12.4 Å². The van der Waals surface area contributed by atoms with Crippen LogP contribution < -0.4 is 4.74 Å². The standard InChI is InChI=1S/C19H21F2O2/c20-16-10-17(15(13-1-2-13)9-14(16)11-22)23-12-18-3-6-19(21,7-4-18)8-5-18/h9-10,13H,1-8,12H2. The molecule has 0 aromatic heterocycles. The number of hydrogen-bond donors (Lipinski definition) is 0. The third-order valence-electron chi connectivity index (χ3n) is 6.07. The van der Waals surface area contributed by atoms with Crippen LogP contribution in [-0.4, -0.2) is 18.6 Å². The highest BCUT2D eigenvalue weighted by atomic mass is 19.1. The van der Waals surface area contributed by atoms with Crippen LogP contribution in [-0.2, 0) is 4.79 Å². The maximum atomic E-state index is 14.3. The molecule has 2 nitrogen and oxygen atoms in total. The molecule has 0 heterocycles. The quantitative estimate of drug-likeness (QED) is 0.792. The second-order valence-electron chi connectivity index (χ2n) is 7.69. The van der Waals surface area contributed by atoms with Gasteiger partial charge >= 0.3 is 0 Å². The first-order chi connectivity index (χ1) is 11.0. The molecule has 0 aliphatic heterocycles. The van der Waals surface area contributed by atoms with E-state index in [9.17, 15) is 13.6 Å². The first-order valence-corrected chi connectivity index (χ1v) is 8.56. The lowest BCUT2D eigenvalue weighted by Gasteiger charge is -2.49. The van der Waals surface area contributed by atoms with Crippen LogP contribution in [0.5, 0.6) is 5.75 Å². The normalized spacial score (nSPS) is 32.8. The van der Waals surface area contributed by atoms with Crippen molar-refractivity contribution in [1.82, 2.24) is 0 Å². The first-order valence-electron chi connectivity index (χ1n) is 8.56. The van der Waals surface area contributed by atoms with Crippen LogP contribution in [0, 0.1) is 11.2 Å². The van der Waals surface area contributed by atoms with E-state index in [-0.39, 0.29) is 11.0 Å². The van der Waals surface area contributed by atoms with E-state index >= 15 is 0 Å². The Balaban J connectivity index is 1.53. The summed E-state index contributed by atoms with van der Waals surface area (Å²) in [6.07, 6.45) is 8.19. The van der Waals surface area contributed by atoms with Crippen molar-refractivity contribution in [2.75, 3.05) is 6.61 Å². The second-order valence-corrected chi connectivity index (χ2v) is 7.69. The van der Waals surface area contributed by atoms with Gasteiger partial charge in [0.1, 0.15) is 17.2 Å². The number of alkyl halides is 1. The van der Waals surface area contributed by atoms with Gasteiger partial charge in [0, 0.05) is 11.5 Å². The highest BCUT2D eigenvalue weighted by Gasteiger charge is 2.49. The predicted octanol–water partition coefficient (Wildman–Crippen LogP) is 4.60. The number of halogens is 2. The van der Waals surface area contributed by atoms with E-state index in [0.29, 0.717) is 37.5 Å². The van der Waals surface area contributed by atoms with Crippen molar-refractivity contribution in [3.63, 3.8) is 0 Å². The van der Waals surface area contributed by atoms with Crippen LogP contribution in [0.15, 0.2) is 12.1 Å². The summed E-state index contributed by atoms with van der Waals surface area (Å²) in [5, 5.41) is 0. The molecule has 4 heteroatoms. The van der Waals surface area contributed by atoms with Gasteiger partial charge < -0.3 is 4.74 Å². The second kappa shape index (κ2) is 5.29. The molecule has 0 unspecified atom stereocenters. The van der Waals surface area contributed by atoms with E-state index in [0.717, 1.165) is 37.7 Å². The monoisotopic (exact) mass is 319 g/mol. The number of benzene rings is 1. The molecule has 0 amide bonds. The molecule has 23 heavy (non-hydrogen) atoms. The molecule has 0 N–H and O–H groups in total. The Labute approximate surface area is 135 Å². The molecule has 4 fully saturated rings. The van der Waals surface area contributed by atoms with Crippen molar-refractivity contribution in [3.05, 3.63) is 29.1 Å². The van der Waals surface area contributed by atoms with Crippen molar-refractivity contribution < 1.29 is 18.3 Å². The van der Waals surface area contributed by atoms with Crippen molar-refractivity contribution in [2.24, 2.45) is 5.41 Å². The molecule has 1 aromatic rings. The van der Waals surface area contributed by atoms with Gasteiger partial charge in [-0.05, 0) is 68.9 Å². The van der Waals surface area contributed by atoms with Gasteiger partial charge in [0.2, 0.25) is 6.29 Å². The van der Waals surface area contributed by atoms with Crippen molar-refractivity contribution in [1.29, 1.82) is 0 Å². The van der Waals surface area contributed by atoms with E-state index in [1.807, 2.05) is 0 Å². The smallest absolute Gasteiger partial charge is 0.236 e. The fourth-order valence-corrected chi connectivity index (χ4v) is 4.15. The van der Waals surface area contributed by atoms with E-state index in [4.69, 9.17) is 4.74 Å². The summed E-state index contributed by atoms with van der Waals surface area (Å²) in [5.74, 6) is 0.347. The molecule has 4 aliphatic rings. The summed E-state index contributed by atoms with van der Waals surface area (Å²) in [6.45, 7) is 0.520. The molecule has 5 rings (SSSR count). The molecule has 4 aliphatic carbocycles. The Morgan fingerprint density at radius 1 is 1.13 bits per heavy atom. The van der Waals surface area contributed by atoms with Gasteiger partial charge in [-0.15, -0.1) is 0 Å². The molecule has 2 bridgehead atoms. The number of hydrogen-bond acceptors (Lipinski definition) is 2. The third kappa shape index (κ3) is 2.77. The third-order valence-corrected chi connectivity index (χ3v) is 6.07. The highest BCUT2D eigenvalue weighted by Crippen LogP contribution is 2.54. The predicted molar refractivity (Wildman–Crippen MR) is 82.6 cm³/mol. The van der Waals surface area contributed by atoms with Crippen LogP contribution in [0.2, 0.25) is 0 Å². The Bertz CT molecular complexity index is 612. The van der Waals surface area contributed by atoms with Crippen molar-refractivity contribution in [3.8, 4) is 5.75 Å². The number of fused-ring (bicyclic) bond motifs is 3. The topological polar surface area (TPSA) is 26.3 Å². The van der Waals surface area contributed by atoms with Gasteiger partial charge in [0.15, 0.2) is 0 Å². The van der Waals surface area contributed by atoms with Crippen LogP contribution in [0.25, 0.3) is 0 Å². The average Bonchev–Trinajstić information content (AvgIpc) is 3.39. The van der Waals surface area contributed by atoms with Gasteiger partial charge in [-0.3, -0.25) is 4.79 Å². The first kappa shape index (κ1) is 15.1. The summed E-state index contributed by atoms with van der Waals surface area (Å²) in [7, 11) is 0. The Morgan fingerprint density at radius 3 is 2.35 bits per heavy atom. The van der Waals surface area contributed by atoms with Gasteiger partial charge in [-0.1, -0.05) is 0 Å². The molecular formula is C19H21F2O2. The van der Waals surface area contributed by atoms with E-state index < -0.39 is 11.5 Å². The summed E-state index contributed by atoms with van der Waals surface area (Å²) in [4.78, 5) is 10.8. The fourth-order valence-electron chi connectivity index (χ4n) is 4.15. The van der Waals surface area contributed by atoms with Crippen LogP contribution in [0.4, 0.5) is 8.78 Å². The lowest BCUT2D eigenvalue weighted by Crippen LogP contribution is -2.46. The van der Waals surface area contributed by atoms with Crippen molar-refractivity contribution in [2.45, 2.75) is 63.0 Å². The lowest BCUT2D eigenvalue weighted by atomic mass is 9.60. The largest absolute Gasteiger partial charge is 0.493 e. The molecule has 1 aromatic carbocycles. The van der Waals surface area contributed by atoms with E-state index in [1.165, 1.54) is 6.07 Å². The van der Waals surface area contributed by atoms with Crippen molar-refractivity contribution >= 4 is 6.29 Å². The fraction of sp³-hybridized carbons (Fsp3) is 0.632. The number of ether oxygens (including phenoxy) is 1. The Morgan fingerprint density at radius 2 is 1.78 bits per heavy atom. The van der Waals surface area contributed by atoms with Crippen LogP contribution in [0.1, 0.15) is 68.4 Å². The SMILES string of the molecule is O=[C]c1cc(C2CC2)c(OCC23CCC(F)(CC2)CC3)cc1F. The molecule has 0 saturated heterocycles. The molecule has 0 spiro atoms. The molecule has 4 saturated carbocycles. The summed E-state index contributed by atoms with van der Waals surface area (Å²) in [5.41, 5.74) is -0.00252. The minimum atomic E-state index is -0.950. The van der Waals surface area contributed by atoms with Gasteiger partial charge in [-0.2, -0.15) is 0 Å². The number of rotatable bonds is 5. The van der Waals surface area contributed by atoms with Gasteiger partial charge in [0.25, 0.3) is 0 Å². The molecular weight excluding hydrogens is 298 g/mol. The Hall–Kier alpha value is -1.45. The molecule has 1 radical (unpaired) electrons. The maximum absolute atomic E-state index is 14.3. The zero-order valence-corrected chi connectivity index (χ0v) is 13.2. The Kier molecular flexibility index (Phi) is 3.47. The molecule has 0 atom stereocenters.